The van der Waals surface area contributed by atoms with Gasteiger partial charge in [0.2, 0.25) is 0 Å². The monoisotopic (exact) mass is 200 g/mol. The molecule has 84 valence electrons. The molecule has 0 saturated heterocycles. The van der Waals surface area contributed by atoms with Crippen molar-refractivity contribution in [1.82, 2.24) is 4.90 Å². The van der Waals surface area contributed by atoms with E-state index in [2.05, 4.69) is 11.8 Å². The average Bonchev–Trinajstić information content (AvgIpc) is 2.89. The van der Waals surface area contributed by atoms with Crippen LogP contribution in [0.3, 0.4) is 0 Å². The molecule has 1 rings (SSSR count). The first-order chi connectivity index (χ1) is 6.76. The highest BCUT2D eigenvalue weighted by molar-refractivity contribution is 4.79. The number of hydrogen-bond acceptors (Lipinski definition) is 3. The van der Waals surface area contributed by atoms with Crippen molar-refractivity contribution < 1.29 is 4.74 Å². The fraction of sp³-hybridized carbons (Fsp3) is 1.00. The van der Waals surface area contributed by atoms with Crippen LogP contribution in [-0.4, -0.2) is 44.3 Å². The van der Waals surface area contributed by atoms with Crippen LogP contribution in [0.25, 0.3) is 0 Å². The van der Waals surface area contributed by atoms with Crippen molar-refractivity contribution in [2.75, 3.05) is 33.4 Å². The first-order valence-corrected chi connectivity index (χ1v) is 5.73. The molecule has 0 aromatic carbocycles. The Bertz CT molecular complexity index is 148. The fourth-order valence-corrected chi connectivity index (χ4v) is 1.84. The van der Waals surface area contributed by atoms with E-state index in [9.17, 15) is 0 Å². The molecule has 0 radical (unpaired) electrons. The Morgan fingerprint density at radius 1 is 1.50 bits per heavy atom. The number of methoxy groups -OCH3 is 1. The Kier molecular flexibility index (Phi) is 5.45. The average molecular weight is 200 g/mol. The predicted octanol–water partition coefficient (Wildman–Crippen LogP) is 1.08. The molecule has 2 N–H and O–H groups in total. The summed E-state index contributed by atoms with van der Waals surface area (Å²) in [6.07, 6.45) is 4.05. The summed E-state index contributed by atoms with van der Waals surface area (Å²) in [5, 5.41) is 0. The predicted molar refractivity (Wildman–Crippen MR) is 59.3 cm³/mol. The molecule has 1 aliphatic rings. The van der Waals surface area contributed by atoms with E-state index in [0.717, 1.165) is 12.5 Å². The number of rotatable bonds is 8. The molecule has 14 heavy (non-hydrogen) atoms. The van der Waals surface area contributed by atoms with Crippen molar-refractivity contribution in [3.63, 3.8) is 0 Å². The van der Waals surface area contributed by atoms with Gasteiger partial charge in [-0.1, -0.05) is 6.92 Å². The topological polar surface area (TPSA) is 38.5 Å². The third kappa shape index (κ3) is 4.94. The second kappa shape index (κ2) is 6.38. The SMILES string of the molecule is CCCN(CC(N)COC)CC1CC1. The van der Waals surface area contributed by atoms with Crippen LogP contribution in [0.1, 0.15) is 26.2 Å². The highest BCUT2D eigenvalue weighted by Crippen LogP contribution is 2.29. The van der Waals surface area contributed by atoms with Gasteiger partial charge in [0.15, 0.2) is 0 Å². The van der Waals surface area contributed by atoms with Gasteiger partial charge in [0.25, 0.3) is 0 Å². The zero-order valence-corrected chi connectivity index (χ0v) is 9.54. The lowest BCUT2D eigenvalue weighted by Gasteiger charge is -2.24. The largest absolute Gasteiger partial charge is 0.383 e. The van der Waals surface area contributed by atoms with Crippen LogP contribution in [0.5, 0.6) is 0 Å². The van der Waals surface area contributed by atoms with Crippen LogP contribution < -0.4 is 5.73 Å². The molecule has 3 heteroatoms. The fourth-order valence-electron chi connectivity index (χ4n) is 1.84. The quantitative estimate of drug-likeness (QED) is 0.637. The molecule has 0 bridgehead atoms. The van der Waals surface area contributed by atoms with E-state index in [1.165, 1.54) is 32.4 Å². The van der Waals surface area contributed by atoms with Crippen molar-refractivity contribution in [2.24, 2.45) is 11.7 Å². The molecule has 0 spiro atoms. The molecular formula is C11H24N2O. The van der Waals surface area contributed by atoms with Gasteiger partial charge in [0.05, 0.1) is 6.61 Å². The Morgan fingerprint density at radius 2 is 2.21 bits per heavy atom. The van der Waals surface area contributed by atoms with Gasteiger partial charge in [-0.15, -0.1) is 0 Å². The Balaban J connectivity index is 2.18. The van der Waals surface area contributed by atoms with Crippen molar-refractivity contribution in [2.45, 2.75) is 32.2 Å². The molecule has 0 amide bonds. The van der Waals surface area contributed by atoms with Crippen LogP contribution in [-0.2, 0) is 4.74 Å². The Labute approximate surface area is 87.6 Å². The smallest absolute Gasteiger partial charge is 0.0626 e. The molecule has 0 heterocycles. The lowest BCUT2D eigenvalue weighted by atomic mass is 10.2. The van der Waals surface area contributed by atoms with E-state index >= 15 is 0 Å². The third-order valence-electron chi connectivity index (χ3n) is 2.63. The van der Waals surface area contributed by atoms with Crippen molar-refractivity contribution >= 4 is 0 Å². The van der Waals surface area contributed by atoms with Gasteiger partial charge in [-0.2, -0.15) is 0 Å². The lowest BCUT2D eigenvalue weighted by molar-refractivity contribution is 0.151. The summed E-state index contributed by atoms with van der Waals surface area (Å²) in [5.74, 6) is 0.955. The van der Waals surface area contributed by atoms with Gasteiger partial charge < -0.3 is 15.4 Å². The molecule has 1 atom stereocenters. The number of nitrogens with two attached hydrogens (primary N) is 1. The maximum absolute atomic E-state index is 5.94. The second-order valence-corrected chi connectivity index (χ2v) is 4.42. The number of hydrogen-bond donors (Lipinski definition) is 1. The normalized spacial score (nSPS) is 18.9. The Hall–Kier alpha value is -0.120. The zero-order chi connectivity index (χ0) is 10.4. The molecule has 3 nitrogen and oxygen atoms in total. The van der Waals surface area contributed by atoms with Crippen LogP contribution in [0.4, 0.5) is 0 Å². The highest BCUT2D eigenvalue weighted by Gasteiger charge is 2.24. The lowest BCUT2D eigenvalue weighted by Crippen LogP contribution is -2.41. The summed E-state index contributed by atoms with van der Waals surface area (Å²) in [5.41, 5.74) is 5.94. The van der Waals surface area contributed by atoms with Crippen LogP contribution in [0.2, 0.25) is 0 Å². The van der Waals surface area contributed by atoms with Gasteiger partial charge in [-0.05, 0) is 31.7 Å². The Morgan fingerprint density at radius 3 is 2.71 bits per heavy atom. The summed E-state index contributed by atoms with van der Waals surface area (Å²) >= 11 is 0. The summed E-state index contributed by atoms with van der Waals surface area (Å²) in [6.45, 7) is 6.30. The van der Waals surface area contributed by atoms with Gasteiger partial charge in [-0.25, -0.2) is 0 Å². The van der Waals surface area contributed by atoms with E-state index in [0.29, 0.717) is 6.61 Å². The van der Waals surface area contributed by atoms with Gasteiger partial charge in [0.1, 0.15) is 0 Å². The zero-order valence-electron chi connectivity index (χ0n) is 9.54. The van der Waals surface area contributed by atoms with Crippen molar-refractivity contribution in [1.29, 1.82) is 0 Å². The number of ether oxygens (including phenoxy) is 1. The third-order valence-corrected chi connectivity index (χ3v) is 2.63. The summed E-state index contributed by atoms with van der Waals surface area (Å²) in [4.78, 5) is 2.49. The standard InChI is InChI=1S/C11H24N2O/c1-3-6-13(7-10-4-5-10)8-11(12)9-14-2/h10-11H,3-9,12H2,1-2H3. The molecule has 0 aromatic heterocycles. The van der Waals surface area contributed by atoms with Gasteiger partial charge in [-0.3, -0.25) is 0 Å². The maximum atomic E-state index is 5.94. The van der Waals surface area contributed by atoms with Crippen LogP contribution >= 0.6 is 0 Å². The van der Waals surface area contributed by atoms with Crippen LogP contribution in [0, 0.1) is 5.92 Å². The van der Waals surface area contributed by atoms with Gasteiger partial charge in [0, 0.05) is 26.2 Å². The molecule has 0 aromatic rings. The van der Waals surface area contributed by atoms with E-state index in [4.69, 9.17) is 10.5 Å². The molecule has 1 aliphatic carbocycles. The molecule has 1 saturated carbocycles. The minimum absolute atomic E-state index is 0.172. The van der Waals surface area contributed by atoms with Crippen molar-refractivity contribution in [3.8, 4) is 0 Å². The summed E-state index contributed by atoms with van der Waals surface area (Å²) < 4.78 is 5.05. The van der Waals surface area contributed by atoms with Crippen molar-refractivity contribution in [3.05, 3.63) is 0 Å². The van der Waals surface area contributed by atoms with Gasteiger partial charge >= 0.3 is 0 Å². The molecule has 1 fully saturated rings. The second-order valence-electron chi connectivity index (χ2n) is 4.42. The van der Waals surface area contributed by atoms with Crippen LogP contribution in [0.15, 0.2) is 0 Å². The summed E-state index contributed by atoms with van der Waals surface area (Å²) in [6, 6.07) is 0.172. The molecular weight excluding hydrogens is 176 g/mol. The minimum Gasteiger partial charge on any atom is -0.383 e. The van der Waals surface area contributed by atoms with E-state index in [1.54, 1.807) is 7.11 Å². The van der Waals surface area contributed by atoms with E-state index in [1.807, 2.05) is 0 Å². The minimum atomic E-state index is 0.172. The number of nitrogens with zero attached hydrogens (tertiary/aromatic N) is 1. The van der Waals surface area contributed by atoms with E-state index in [-0.39, 0.29) is 6.04 Å². The van der Waals surface area contributed by atoms with E-state index < -0.39 is 0 Å². The maximum Gasteiger partial charge on any atom is 0.0626 e. The first-order valence-electron chi connectivity index (χ1n) is 5.73. The summed E-state index contributed by atoms with van der Waals surface area (Å²) in [7, 11) is 1.71. The molecule has 1 unspecified atom stereocenters. The first kappa shape index (κ1) is 12.0. The highest BCUT2D eigenvalue weighted by atomic mass is 16.5. The molecule has 0 aliphatic heterocycles.